The Hall–Kier alpha value is -1.90. The molecule has 140 valence electrons. The molecule has 0 aliphatic heterocycles. The third-order valence-electron chi connectivity index (χ3n) is 5.35. The highest BCUT2D eigenvalue weighted by molar-refractivity contribution is 5.56. The van der Waals surface area contributed by atoms with E-state index in [1.165, 1.54) is 43.4 Å². The van der Waals surface area contributed by atoms with E-state index in [9.17, 15) is 0 Å². The van der Waals surface area contributed by atoms with E-state index in [1.54, 1.807) is 0 Å². The lowest BCUT2D eigenvalue weighted by molar-refractivity contribution is 0.309. The molecule has 2 aromatic rings. The number of hydrogen-bond donors (Lipinski definition) is 0. The van der Waals surface area contributed by atoms with Crippen LogP contribution in [0.3, 0.4) is 0 Å². The second-order valence-electron chi connectivity index (χ2n) is 7.50. The van der Waals surface area contributed by atoms with Gasteiger partial charge in [0.15, 0.2) is 5.82 Å². The van der Waals surface area contributed by atoms with Crippen LogP contribution in [0.4, 0.5) is 0 Å². The molecule has 0 bridgehead atoms. The molecular weight excluding hydrogens is 320 g/mol. The minimum Gasteiger partial charge on any atom is -0.494 e. The summed E-state index contributed by atoms with van der Waals surface area (Å²) in [7, 11) is 0. The van der Waals surface area contributed by atoms with Crippen molar-refractivity contribution in [2.75, 3.05) is 6.61 Å². The highest BCUT2D eigenvalue weighted by atomic mass is 16.5. The fourth-order valence-corrected chi connectivity index (χ4v) is 3.69. The highest BCUT2D eigenvalue weighted by Gasteiger charge is 2.20. The zero-order valence-electron chi connectivity index (χ0n) is 16.3. The molecule has 3 heteroatoms. The Kier molecular flexibility index (Phi) is 7.04. The van der Waals surface area contributed by atoms with Crippen LogP contribution in [-0.2, 0) is 12.8 Å². The van der Waals surface area contributed by atoms with Crippen molar-refractivity contribution >= 4 is 0 Å². The number of nitrogens with zero attached hydrogens (tertiary/aromatic N) is 2. The van der Waals surface area contributed by atoms with Gasteiger partial charge in [-0.2, -0.15) is 0 Å². The molecule has 0 fully saturated rings. The van der Waals surface area contributed by atoms with E-state index < -0.39 is 0 Å². The topological polar surface area (TPSA) is 35.0 Å². The standard InChI is InChI=1S/C23H32N2O/c1-3-5-7-8-18-9-14-22-20(16-18)17-24-23(25-22)19-10-12-21(13-11-19)26-15-6-4-2/h10-13,17-18H,3-9,14-16H2,1-2H3. The smallest absolute Gasteiger partial charge is 0.159 e. The van der Waals surface area contributed by atoms with Crippen molar-refractivity contribution in [3.05, 3.63) is 41.7 Å². The van der Waals surface area contributed by atoms with Gasteiger partial charge in [0.1, 0.15) is 5.75 Å². The van der Waals surface area contributed by atoms with Gasteiger partial charge in [0.25, 0.3) is 0 Å². The maximum atomic E-state index is 5.74. The van der Waals surface area contributed by atoms with Crippen LogP contribution in [0.1, 0.15) is 70.1 Å². The Morgan fingerprint density at radius 2 is 1.85 bits per heavy atom. The van der Waals surface area contributed by atoms with E-state index in [4.69, 9.17) is 9.72 Å². The number of fused-ring (bicyclic) bond motifs is 1. The molecule has 1 aliphatic carbocycles. The van der Waals surface area contributed by atoms with Crippen LogP contribution in [0.15, 0.2) is 30.5 Å². The van der Waals surface area contributed by atoms with Crippen LogP contribution in [0.5, 0.6) is 5.75 Å². The summed E-state index contributed by atoms with van der Waals surface area (Å²) in [6, 6.07) is 8.19. The van der Waals surface area contributed by atoms with Crippen molar-refractivity contribution in [3.8, 4) is 17.1 Å². The minimum atomic E-state index is 0.782. The fraction of sp³-hybridized carbons (Fsp3) is 0.565. The van der Waals surface area contributed by atoms with E-state index >= 15 is 0 Å². The molecule has 1 aliphatic rings. The Morgan fingerprint density at radius 3 is 2.62 bits per heavy atom. The van der Waals surface area contributed by atoms with E-state index in [0.29, 0.717) is 0 Å². The van der Waals surface area contributed by atoms with Crippen LogP contribution < -0.4 is 4.74 Å². The predicted molar refractivity (Wildman–Crippen MR) is 108 cm³/mol. The van der Waals surface area contributed by atoms with Gasteiger partial charge in [-0.15, -0.1) is 0 Å². The summed E-state index contributed by atoms with van der Waals surface area (Å²) in [5.74, 6) is 2.59. The average Bonchev–Trinajstić information content (AvgIpc) is 2.68. The minimum absolute atomic E-state index is 0.782. The Bertz CT molecular complexity index is 681. The Balaban J connectivity index is 1.62. The molecule has 1 heterocycles. The zero-order valence-corrected chi connectivity index (χ0v) is 16.3. The molecule has 0 spiro atoms. The molecule has 1 aromatic carbocycles. The molecule has 26 heavy (non-hydrogen) atoms. The molecule has 3 rings (SSSR count). The SMILES string of the molecule is CCCCCC1CCc2nc(-c3ccc(OCCCC)cc3)ncc2C1. The molecule has 0 N–H and O–H groups in total. The van der Waals surface area contributed by atoms with Crippen molar-refractivity contribution in [3.63, 3.8) is 0 Å². The van der Waals surface area contributed by atoms with Crippen molar-refractivity contribution in [2.24, 2.45) is 5.92 Å². The van der Waals surface area contributed by atoms with E-state index in [0.717, 1.165) is 55.3 Å². The summed E-state index contributed by atoms with van der Waals surface area (Å²) in [4.78, 5) is 9.51. The van der Waals surface area contributed by atoms with Crippen molar-refractivity contribution in [1.29, 1.82) is 0 Å². The third-order valence-corrected chi connectivity index (χ3v) is 5.35. The quantitative estimate of drug-likeness (QED) is 0.519. The van der Waals surface area contributed by atoms with Gasteiger partial charge in [-0.25, -0.2) is 9.97 Å². The Morgan fingerprint density at radius 1 is 1.04 bits per heavy atom. The maximum Gasteiger partial charge on any atom is 0.159 e. The molecule has 0 amide bonds. The number of aryl methyl sites for hydroxylation is 1. The van der Waals surface area contributed by atoms with Crippen LogP contribution in [0, 0.1) is 5.92 Å². The monoisotopic (exact) mass is 352 g/mol. The maximum absolute atomic E-state index is 5.74. The van der Waals surface area contributed by atoms with Gasteiger partial charge in [-0.3, -0.25) is 0 Å². The highest BCUT2D eigenvalue weighted by Crippen LogP contribution is 2.29. The summed E-state index contributed by atoms with van der Waals surface area (Å²) in [6.07, 6.45) is 13.2. The fourth-order valence-electron chi connectivity index (χ4n) is 3.69. The van der Waals surface area contributed by atoms with Gasteiger partial charge in [0, 0.05) is 17.5 Å². The lowest BCUT2D eigenvalue weighted by Gasteiger charge is -2.23. The molecule has 0 saturated heterocycles. The first kappa shape index (κ1) is 18.9. The van der Waals surface area contributed by atoms with Crippen molar-refractivity contribution in [2.45, 2.75) is 71.6 Å². The average molecular weight is 353 g/mol. The predicted octanol–water partition coefficient (Wildman–Crippen LogP) is 6.01. The lowest BCUT2D eigenvalue weighted by atomic mass is 9.84. The van der Waals surface area contributed by atoms with Gasteiger partial charge in [-0.05, 0) is 61.4 Å². The van der Waals surface area contributed by atoms with Gasteiger partial charge in [-0.1, -0.05) is 46.0 Å². The largest absolute Gasteiger partial charge is 0.494 e. The van der Waals surface area contributed by atoms with Gasteiger partial charge < -0.3 is 4.74 Å². The number of hydrogen-bond acceptors (Lipinski definition) is 3. The number of unbranched alkanes of at least 4 members (excludes halogenated alkanes) is 3. The molecule has 0 radical (unpaired) electrons. The first-order valence-corrected chi connectivity index (χ1v) is 10.4. The zero-order chi connectivity index (χ0) is 18.2. The van der Waals surface area contributed by atoms with E-state index in [-0.39, 0.29) is 0 Å². The van der Waals surface area contributed by atoms with Crippen LogP contribution in [0.2, 0.25) is 0 Å². The Labute approximate surface area is 158 Å². The van der Waals surface area contributed by atoms with Crippen LogP contribution in [-0.4, -0.2) is 16.6 Å². The van der Waals surface area contributed by atoms with Gasteiger partial charge in [0.05, 0.1) is 6.61 Å². The van der Waals surface area contributed by atoms with Crippen LogP contribution in [0.25, 0.3) is 11.4 Å². The van der Waals surface area contributed by atoms with E-state index in [1.807, 2.05) is 12.1 Å². The first-order chi connectivity index (χ1) is 12.8. The van der Waals surface area contributed by atoms with Crippen LogP contribution >= 0.6 is 0 Å². The number of aromatic nitrogens is 2. The third kappa shape index (κ3) is 5.06. The molecule has 0 saturated carbocycles. The summed E-state index contributed by atoms with van der Waals surface area (Å²) in [5.41, 5.74) is 3.69. The summed E-state index contributed by atoms with van der Waals surface area (Å²) < 4.78 is 5.74. The van der Waals surface area contributed by atoms with Gasteiger partial charge in [0.2, 0.25) is 0 Å². The second kappa shape index (κ2) is 9.70. The normalized spacial score (nSPS) is 16.3. The number of rotatable bonds is 9. The first-order valence-electron chi connectivity index (χ1n) is 10.4. The van der Waals surface area contributed by atoms with Crippen molar-refractivity contribution in [1.82, 2.24) is 9.97 Å². The summed E-state index contributed by atoms with van der Waals surface area (Å²) >= 11 is 0. The molecule has 1 atom stereocenters. The molecule has 1 aromatic heterocycles. The molecule has 3 nitrogen and oxygen atoms in total. The van der Waals surface area contributed by atoms with Crippen molar-refractivity contribution < 1.29 is 4.74 Å². The summed E-state index contributed by atoms with van der Waals surface area (Å²) in [6.45, 7) is 5.23. The van der Waals surface area contributed by atoms with Gasteiger partial charge >= 0.3 is 0 Å². The number of ether oxygens (including phenoxy) is 1. The summed E-state index contributed by atoms with van der Waals surface area (Å²) in [5, 5.41) is 0. The lowest BCUT2D eigenvalue weighted by Crippen LogP contribution is -2.16. The molecular formula is C23H32N2O. The number of benzene rings is 1. The molecule has 1 unspecified atom stereocenters. The van der Waals surface area contributed by atoms with E-state index in [2.05, 4.69) is 37.2 Å². The second-order valence-corrected chi connectivity index (χ2v) is 7.50.